The summed E-state index contributed by atoms with van der Waals surface area (Å²) in [5.41, 5.74) is -9.72. The monoisotopic (exact) mass is 673 g/mol. The molecule has 0 unspecified atom stereocenters. The van der Waals surface area contributed by atoms with Crippen LogP contribution in [0.5, 0.6) is 0 Å². The molecule has 0 aliphatic carbocycles. The first-order chi connectivity index (χ1) is 20.4. The third kappa shape index (κ3) is 6.88. The lowest BCUT2D eigenvalue weighted by molar-refractivity contribution is 0.0564. The van der Waals surface area contributed by atoms with Crippen LogP contribution in [0.15, 0.2) is 108 Å². The standard InChI is InChI=1S/C28H25F4NO8P2S/c29-27(30,42(34,35)36)23-14-10-20(11-15-23)18-33(19-21-12-16-24(17-13-21)28(31,32)43(37,38)39)44(40,41)26-9-5-4-8-25(26)22-6-2-1-3-7-22/h1-17H,18-19H2,(H2,34,35,36)(H2,37,38,39). The van der Waals surface area contributed by atoms with Crippen molar-refractivity contribution in [1.29, 1.82) is 0 Å². The molecule has 0 aliphatic heterocycles. The van der Waals surface area contributed by atoms with Gasteiger partial charge >= 0.3 is 26.5 Å². The number of rotatable bonds is 11. The van der Waals surface area contributed by atoms with Crippen molar-refractivity contribution >= 4 is 25.2 Å². The van der Waals surface area contributed by atoms with Crippen molar-refractivity contribution < 1.29 is 54.7 Å². The Kier molecular flexibility index (Phi) is 9.42. The molecule has 0 aromatic heterocycles. The zero-order valence-corrected chi connectivity index (χ0v) is 25.0. The summed E-state index contributed by atoms with van der Waals surface area (Å²) in [6, 6.07) is 22.0. The van der Waals surface area contributed by atoms with E-state index in [1.54, 1.807) is 42.5 Å². The Morgan fingerprint density at radius 1 is 0.591 bits per heavy atom. The van der Waals surface area contributed by atoms with Gasteiger partial charge in [0, 0.05) is 29.8 Å². The Labute approximate surface area is 249 Å². The average molecular weight is 674 g/mol. The Bertz CT molecular complexity index is 1750. The van der Waals surface area contributed by atoms with E-state index in [9.17, 15) is 35.1 Å². The normalized spacial score (nSPS) is 13.3. The number of hydrogen-bond donors (Lipinski definition) is 4. The Hall–Kier alpha value is -3.19. The van der Waals surface area contributed by atoms with Gasteiger partial charge in [0.25, 0.3) is 0 Å². The van der Waals surface area contributed by atoms with Crippen molar-refractivity contribution in [3.05, 3.63) is 125 Å². The highest BCUT2D eigenvalue weighted by molar-refractivity contribution is 7.89. The molecule has 9 nitrogen and oxygen atoms in total. The number of sulfonamides is 1. The minimum absolute atomic E-state index is 0.125. The molecule has 0 aliphatic rings. The van der Waals surface area contributed by atoms with E-state index in [4.69, 9.17) is 19.6 Å². The zero-order chi connectivity index (χ0) is 32.6. The fourth-order valence-electron chi connectivity index (χ4n) is 4.28. The summed E-state index contributed by atoms with van der Waals surface area (Å²) in [4.78, 5) is 36.0. The summed E-state index contributed by atoms with van der Waals surface area (Å²) in [6.45, 7) is -0.874. The second-order valence-corrected chi connectivity index (χ2v) is 14.9. The average Bonchev–Trinajstić information content (AvgIpc) is 2.96. The summed E-state index contributed by atoms with van der Waals surface area (Å²) in [5, 5.41) is 0. The van der Waals surface area contributed by atoms with Crippen molar-refractivity contribution in [2.24, 2.45) is 0 Å². The van der Waals surface area contributed by atoms with Crippen LogP contribution in [0.3, 0.4) is 0 Å². The van der Waals surface area contributed by atoms with E-state index >= 15 is 0 Å². The van der Waals surface area contributed by atoms with Crippen LogP contribution in [-0.2, 0) is 43.6 Å². The second kappa shape index (κ2) is 12.3. The lowest BCUT2D eigenvalue weighted by Gasteiger charge is -2.25. The fourth-order valence-corrected chi connectivity index (χ4v) is 6.88. The van der Waals surface area contributed by atoms with E-state index in [2.05, 4.69) is 0 Å². The molecule has 0 amide bonds. The maximum Gasteiger partial charge on any atom is 0.399 e. The van der Waals surface area contributed by atoms with Gasteiger partial charge in [-0.15, -0.1) is 0 Å². The molecule has 4 rings (SSSR count). The highest BCUT2D eigenvalue weighted by atomic mass is 32.2. The molecule has 0 spiro atoms. The number of hydrogen-bond acceptors (Lipinski definition) is 4. The summed E-state index contributed by atoms with van der Waals surface area (Å²) in [5.74, 6) is 0. The van der Waals surface area contributed by atoms with E-state index < -0.39 is 60.8 Å². The molecular formula is C28H25F4NO8P2S. The first kappa shape index (κ1) is 33.7. The van der Waals surface area contributed by atoms with Crippen molar-refractivity contribution in [2.45, 2.75) is 29.3 Å². The molecule has 0 bridgehead atoms. The van der Waals surface area contributed by atoms with Crippen molar-refractivity contribution in [1.82, 2.24) is 4.31 Å². The number of benzene rings is 4. The van der Waals surface area contributed by atoms with Crippen molar-refractivity contribution in [2.75, 3.05) is 0 Å². The van der Waals surface area contributed by atoms with Gasteiger partial charge in [0.05, 0.1) is 4.90 Å². The minimum atomic E-state index is -5.85. The van der Waals surface area contributed by atoms with Gasteiger partial charge in [-0.1, -0.05) is 97.1 Å². The molecule has 0 fully saturated rings. The molecule has 4 aromatic rings. The van der Waals surface area contributed by atoms with E-state index in [1.165, 1.54) is 12.1 Å². The molecule has 0 heterocycles. The first-order valence-corrected chi connectivity index (χ1v) is 17.2. The molecule has 0 radical (unpaired) electrons. The van der Waals surface area contributed by atoms with Crippen LogP contribution < -0.4 is 0 Å². The quantitative estimate of drug-likeness (QED) is 0.109. The molecule has 0 atom stereocenters. The largest absolute Gasteiger partial charge is 0.399 e. The van der Waals surface area contributed by atoms with Gasteiger partial charge in [-0.2, -0.15) is 21.9 Å². The molecule has 0 saturated carbocycles. The van der Waals surface area contributed by atoms with Crippen LogP contribution in [0.1, 0.15) is 22.3 Å². The van der Waals surface area contributed by atoms with Crippen LogP contribution >= 0.6 is 15.2 Å². The van der Waals surface area contributed by atoms with E-state index in [1.807, 2.05) is 0 Å². The summed E-state index contributed by atoms with van der Waals surface area (Å²) in [7, 11) is -16.1. The second-order valence-electron chi connectivity index (χ2n) is 9.70. The number of nitrogens with zero attached hydrogens (tertiary/aromatic N) is 1. The van der Waals surface area contributed by atoms with E-state index in [0.29, 0.717) is 11.1 Å². The summed E-state index contributed by atoms with van der Waals surface area (Å²) >= 11 is 0. The topological polar surface area (TPSA) is 152 Å². The first-order valence-electron chi connectivity index (χ1n) is 12.6. The molecule has 234 valence electrons. The molecule has 16 heteroatoms. The molecular weight excluding hydrogens is 648 g/mol. The molecule has 4 N–H and O–H groups in total. The fraction of sp³-hybridized carbons (Fsp3) is 0.143. The summed E-state index contributed by atoms with van der Waals surface area (Å²) in [6.07, 6.45) is 0. The highest BCUT2D eigenvalue weighted by Crippen LogP contribution is 2.60. The molecule has 4 aromatic carbocycles. The third-order valence-corrected chi connectivity index (χ3v) is 10.5. The van der Waals surface area contributed by atoms with Crippen LogP contribution in [0.2, 0.25) is 0 Å². The van der Waals surface area contributed by atoms with Gasteiger partial charge in [-0.25, -0.2) is 8.42 Å². The molecule has 0 saturated heterocycles. The Morgan fingerprint density at radius 3 is 1.39 bits per heavy atom. The highest BCUT2D eigenvalue weighted by Gasteiger charge is 2.51. The van der Waals surface area contributed by atoms with Gasteiger partial charge in [0.15, 0.2) is 0 Å². The maximum absolute atomic E-state index is 14.2. The minimum Gasteiger partial charge on any atom is -0.320 e. The maximum atomic E-state index is 14.2. The van der Waals surface area contributed by atoms with E-state index in [-0.39, 0.29) is 16.0 Å². The van der Waals surface area contributed by atoms with Crippen LogP contribution in [0.4, 0.5) is 17.6 Å². The predicted octanol–water partition coefficient (Wildman–Crippen LogP) is 6.20. The van der Waals surface area contributed by atoms with Gasteiger partial charge in [0.1, 0.15) is 0 Å². The van der Waals surface area contributed by atoms with Crippen LogP contribution in [0, 0.1) is 0 Å². The third-order valence-electron chi connectivity index (χ3n) is 6.64. The lowest BCUT2D eigenvalue weighted by atomic mass is 10.1. The number of alkyl halides is 4. The lowest BCUT2D eigenvalue weighted by Crippen LogP contribution is -2.30. The Morgan fingerprint density at radius 2 is 0.977 bits per heavy atom. The van der Waals surface area contributed by atoms with Gasteiger partial charge in [-0.3, -0.25) is 9.13 Å². The number of halogens is 4. The summed E-state index contributed by atoms with van der Waals surface area (Å²) < 4.78 is 108. The SMILES string of the molecule is O=P(O)(O)C(F)(F)c1ccc(CN(Cc2ccc(C(F)(F)P(=O)(O)O)cc2)S(=O)(=O)c2ccccc2-c2ccccc2)cc1. The van der Waals surface area contributed by atoms with Gasteiger partial charge in [0.2, 0.25) is 10.0 Å². The van der Waals surface area contributed by atoms with Gasteiger partial charge in [-0.05, 0) is 22.8 Å². The smallest absolute Gasteiger partial charge is 0.320 e. The van der Waals surface area contributed by atoms with E-state index in [0.717, 1.165) is 52.8 Å². The van der Waals surface area contributed by atoms with Crippen LogP contribution in [0.25, 0.3) is 11.1 Å². The predicted molar refractivity (Wildman–Crippen MR) is 153 cm³/mol. The van der Waals surface area contributed by atoms with Crippen molar-refractivity contribution in [3.63, 3.8) is 0 Å². The zero-order valence-electron chi connectivity index (χ0n) is 22.4. The van der Waals surface area contributed by atoms with Gasteiger partial charge < -0.3 is 19.6 Å². The van der Waals surface area contributed by atoms with Crippen molar-refractivity contribution in [3.8, 4) is 11.1 Å². The van der Waals surface area contributed by atoms with Crippen LogP contribution in [-0.4, -0.2) is 32.3 Å². The Balaban J connectivity index is 1.76. The molecule has 44 heavy (non-hydrogen) atoms.